The first-order valence-corrected chi connectivity index (χ1v) is 9.63. The van der Waals surface area contributed by atoms with Crippen molar-refractivity contribution in [2.24, 2.45) is 0 Å². The Bertz CT molecular complexity index is 881. The monoisotopic (exact) mass is 381 g/mol. The van der Waals surface area contributed by atoms with Crippen LogP contribution in [0.4, 0.5) is 0 Å². The minimum absolute atomic E-state index is 0.0529. The summed E-state index contributed by atoms with van der Waals surface area (Å²) in [5.41, 5.74) is 1.79. The second kappa shape index (κ2) is 8.32. The highest BCUT2D eigenvalue weighted by atomic mass is 32.2. The van der Waals surface area contributed by atoms with E-state index in [0.717, 1.165) is 11.3 Å². The number of ether oxygens (including phenoxy) is 1. The third-order valence-corrected chi connectivity index (χ3v) is 5.49. The molecular weight excluding hydrogens is 362 g/mol. The molecule has 1 aromatic heterocycles. The molecule has 2 heterocycles. The van der Waals surface area contributed by atoms with Gasteiger partial charge in [0.05, 0.1) is 18.9 Å². The summed E-state index contributed by atoms with van der Waals surface area (Å²) in [4.78, 5) is 15.1. The number of thioether (sulfide) groups is 1. The molecule has 138 valence electrons. The highest BCUT2D eigenvalue weighted by Gasteiger charge is 2.30. The number of carbonyl (C=O) groups is 1. The summed E-state index contributed by atoms with van der Waals surface area (Å²) >= 11 is 1.37. The van der Waals surface area contributed by atoms with Crippen LogP contribution in [0, 0.1) is 0 Å². The van der Waals surface area contributed by atoms with Gasteiger partial charge in [0.2, 0.25) is 11.1 Å². The summed E-state index contributed by atoms with van der Waals surface area (Å²) in [7, 11) is 0. The van der Waals surface area contributed by atoms with Gasteiger partial charge in [-0.25, -0.2) is 0 Å². The van der Waals surface area contributed by atoms with Crippen LogP contribution in [0.3, 0.4) is 0 Å². The molecule has 1 fully saturated rings. The van der Waals surface area contributed by atoms with E-state index in [1.165, 1.54) is 11.8 Å². The number of morpholine rings is 1. The smallest absolute Gasteiger partial charge is 0.240 e. The van der Waals surface area contributed by atoms with Crippen LogP contribution < -0.4 is 0 Å². The Morgan fingerprint density at radius 2 is 1.67 bits per heavy atom. The van der Waals surface area contributed by atoms with Gasteiger partial charge < -0.3 is 9.64 Å². The number of aromatic nitrogens is 4. The Balaban J connectivity index is 1.64. The van der Waals surface area contributed by atoms with E-state index in [9.17, 15) is 4.79 Å². The van der Waals surface area contributed by atoms with Gasteiger partial charge in [0.25, 0.3) is 0 Å². The molecule has 2 aromatic carbocycles. The number of para-hydroxylation sites is 1. The molecule has 1 aliphatic heterocycles. The molecule has 0 radical (unpaired) electrons. The van der Waals surface area contributed by atoms with E-state index < -0.39 is 5.25 Å². The zero-order valence-corrected chi connectivity index (χ0v) is 15.5. The fraction of sp³-hybridized carbons (Fsp3) is 0.263. The van der Waals surface area contributed by atoms with Gasteiger partial charge in [-0.3, -0.25) is 4.79 Å². The second-order valence-corrected chi connectivity index (χ2v) is 7.13. The number of hydrogen-bond donors (Lipinski definition) is 0. The Morgan fingerprint density at radius 1 is 1.00 bits per heavy atom. The first-order valence-electron chi connectivity index (χ1n) is 8.75. The van der Waals surface area contributed by atoms with Crippen molar-refractivity contribution < 1.29 is 9.53 Å². The average Bonchev–Trinajstić information content (AvgIpc) is 3.22. The zero-order valence-electron chi connectivity index (χ0n) is 14.6. The topological polar surface area (TPSA) is 73.1 Å². The third-order valence-electron chi connectivity index (χ3n) is 4.31. The highest BCUT2D eigenvalue weighted by Crippen LogP contribution is 2.36. The Hall–Kier alpha value is -2.71. The maximum absolute atomic E-state index is 13.2. The SMILES string of the molecule is O=C([C@@H](Sc1nnnn1-c1ccccc1)c1ccccc1)N1CCOCC1. The largest absolute Gasteiger partial charge is 0.378 e. The maximum atomic E-state index is 13.2. The average molecular weight is 381 g/mol. The van der Waals surface area contributed by atoms with Gasteiger partial charge in [0.1, 0.15) is 5.25 Å². The van der Waals surface area contributed by atoms with E-state index >= 15 is 0 Å². The summed E-state index contributed by atoms with van der Waals surface area (Å²) in [6.45, 7) is 2.35. The molecule has 1 atom stereocenters. The van der Waals surface area contributed by atoms with Crippen LogP contribution in [0.1, 0.15) is 10.8 Å². The Kier molecular flexibility index (Phi) is 5.45. The van der Waals surface area contributed by atoms with Crippen molar-refractivity contribution in [3.63, 3.8) is 0 Å². The lowest BCUT2D eigenvalue weighted by molar-refractivity contribution is -0.134. The molecule has 3 aromatic rings. The third kappa shape index (κ3) is 4.01. The molecule has 27 heavy (non-hydrogen) atoms. The molecule has 0 aliphatic carbocycles. The van der Waals surface area contributed by atoms with E-state index in [0.29, 0.717) is 31.5 Å². The van der Waals surface area contributed by atoms with Gasteiger partial charge >= 0.3 is 0 Å². The van der Waals surface area contributed by atoms with E-state index in [1.807, 2.05) is 65.6 Å². The first-order chi connectivity index (χ1) is 13.3. The zero-order chi connectivity index (χ0) is 18.5. The lowest BCUT2D eigenvalue weighted by Gasteiger charge is -2.30. The minimum Gasteiger partial charge on any atom is -0.378 e. The minimum atomic E-state index is -0.419. The number of hydrogen-bond acceptors (Lipinski definition) is 6. The summed E-state index contributed by atoms with van der Waals surface area (Å²) < 4.78 is 7.04. The van der Waals surface area contributed by atoms with Crippen molar-refractivity contribution in [3.8, 4) is 5.69 Å². The molecule has 1 aliphatic rings. The fourth-order valence-electron chi connectivity index (χ4n) is 2.93. The predicted octanol–water partition coefficient (Wildman–Crippen LogP) is 2.35. The van der Waals surface area contributed by atoms with Crippen LogP contribution in [-0.2, 0) is 9.53 Å². The lowest BCUT2D eigenvalue weighted by atomic mass is 10.1. The molecule has 4 rings (SSSR count). The number of nitrogens with zero attached hydrogens (tertiary/aromatic N) is 5. The van der Waals surface area contributed by atoms with Gasteiger partial charge in [0, 0.05) is 13.1 Å². The second-order valence-electron chi connectivity index (χ2n) is 6.06. The highest BCUT2D eigenvalue weighted by molar-refractivity contribution is 8.00. The van der Waals surface area contributed by atoms with Gasteiger partial charge in [-0.2, -0.15) is 4.68 Å². The van der Waals surface area contributed by atoms with Crippen LogP contribution in [0.15, 0.2) is 65.8 Å². The molecule has 8 heteroatoms. The molecular formula is C19H19N5O2S. The van der Waals surface area contributed by atoms with E-state index in [1.54, 1.807) is 4.68 Å². The Labute approximate surface area is 161 Å². The fourth-order valence-corrected chi connectivity index (χ4v) is 4.01. The molecule has 0 spiro atoms. The van der Waals surface area contributed by atoms with Crippen LogP contribution in [0.2, 0.25) is 0 Å². The van der Waals surface area contributed by atoms with E-state index in [2.05, 4.69) is 15.5 Å². The summed E-state index contributed by atoms with van der Waals surface area (Å²) in [5.74, 6) is 0.0529. The van der Waals surface area contributed by atoms with Crippen molar-refractivity contribution in [1.29, 1.82) is 0 Å². The van der Waals surface area contributed by atoms with Gasteiger partial charge in [0.15, 0.2) is 0 Å². The van der Waals surface area contributed by atoms with E-state index in [4.69, 9.17) is 4.74 Å². The Morgan fingerprint density at radius 3 is 2.37 bits per heavy atom. The first kappa shape index (κ1) is 17.7. The molecule has 0 N–H and O–H groups in total. The number of tetrazole rings is 1. The van der Waals surface area contributed by atoms with Crippen molar-refractivity contribution in [3.05, 3.63) is 66.2 Å². The van der Waals surface area contributed by atoms with Crippen LogP contribution in [0.25, 0.3) is 5.69 Å². The summed E-state index contributed by atoms with van der Waals surface area (Å²) in [6, 6.07) is 19.4. The normalized spacial score (nSPS) is 15.5. The summed E-state index contributed by atoms with van der Waals surface area (Å²) in [6.07, 6.45) is 0. The molecule has 7 nitrogen and oxygen atoms in total. The van der Waals surface area contributed by atoms with Crippen molar-refractivity contribution in [2.45, 2.75) is 10.4 Å². The van der Waals surface area contributed by atoms with Gasteiger partial charge in [-0.15, -0.1) is 5.10 Å². The van der Waals surface area contributed by atoms with Crippen molar-refractivity contribution in [1.82, 2.24) is 25.1 Å². The number of carbonyl (C=O) groups excluding carboxylic acids is 1. The molecule has 0 bridgehead atoms. The van der Waals surface area contributed by atoms with Crippen LogP contribution in [0.5, 0.6) is 0 Å². The molecule has 1 saturated heterocycles. The molecule has 0 unspecified atom stereocenters. The lowest BCUT2D eigenvalue weighted by Crippen LogP contribution is -2.42. The number of amides is 1. The number of benzene rings is 2. The summed E-state index contributed by atoms with van der Waals surface area (Å²) in [5, 5.41) is 12.2. The van der Waals surface area contributed by atoms with Crippen molar-refractivity contribution >= 4 is 17.7 Å². The predicted molar refractivity (Wildman–Crippen MR) is 102 cm³/mol. The molecule has 0 saturated carbocycles. The van der Waals surface area contributed by atoms with Crippen LogP contribution >= 0.6 is 11.8 Å². The molecule has 1 amide bonds. The maximum Gasteiger partial charge on any atom is 0.240 e. The van der Waals surface area contributed by atoms with E-state index in [-0.39, 0.29) is 5.91 Å². The van der Waals surface area contributed by atoms with Gasteiger partial charge in [-0.05, 0) is 28.1 Å². The van der Waals surface area contributed by atoms with Crippen molar-refractivity contribution in [2.75, 3.05) is 26.3 Å². The van der Waals surface area contributed by atoms with Crippen LogP contribution in [-0.4, -0.2) is 57.3 Å². The standard InChI is InChI=1S/C19H19N5O2S/c25-18(23-11-13-26-14-12-23)17(15-7-3-1-4-8-15)27-19-20-21-22-24(19)16-9-5-2-6-10-16/h1-10,17H,11-14H2/t17-/m0/s1. The van der Waals surface area contributed by atoms with Gasteiger partial charge in [-0.1, -0.05) is 60.3 Å². The quantitative estimate of drug-likeness (QED) is 0.632. The number of rotatable bonds is 5.